The molecule has 0 saturated carbocycles. The second-order valence-corrected chi connectivity index (χ2v) is 6.82. The van der Waals surface area contributed by atoms with Crippen LogP contribution in [0.2, 0.25) is 0 Å². The van der Waals surface area contributed by atoms with Gasteiger partial charge in [0.1, 0.15) is 0 Å². The molecule has 0 radical (unpaired) electrons. The number of amides is 2. The van der Waals surface area contributed by atoms with E-state index in [0.29, 0.717) is 12.0 Å². The van der Waals surface area contributed by atoms with Crippen LogP contribution in [0.3, 0.4) is 0 Å². The highest BCUT2D eigenvalue weighted by atomic mass is 32.2. The molecule has 1 aromatic heterocycles. The molecular weight excluding hydrogens is 378 g/mol. The van der Waals surface area contributed by atoms with Crippen LogP contribution >= 0.6 is 0 Å². The molecule has 0 bridgehead atoms. The van der Waals surface area contributed by atoms with Crippen LogP contribution in [-0.4, -0.2) is 57.3 Å². The van der Waals surface area contributed by atoms with Gasteiger partial charge in [-0.2, -0.15) is 9.97 Å². The van der Waals surface area contributed by atoms with Crippen molar-refractivity contribution in [1.29, 1.82) is 0 Å². The summed E-state index contributed by atoms with van der Waals surface area (Å²) < 4.78 is 41.4. The van der Waals surface area contributed by atoms with Crippen molar-refractivity contribution in [2.45, 2.75) is 11.3 Å². The first-order valence-corrected chi connectivity index (χ1v) is 9.04. The van der Waals surface area contributed by atoms with Crippen LogP contribution in [0.5, 0.6) is 12.0 Å². The molecule has 1 heterocycles. The van der Waals surface area contributed by atoms with E-state index in [1.807, 2.05) is 0 Å². The van der Waals surface area contributed by atoms with Gasteiger partial charge >= 0.3 is 18.1 Å². The van der Waals surface area contributed by atoms with Crippen molar-refractivity contribution in [3.05, 3.63) is 29.8 Å². The number of rotatable bonds is 8. The van der Waals surface area contributed by atoms with Gasteiger partial charge in [0.25, 0.3) is 16.0 Å². The lowest BCUT2D eigenvalue weighted by Crippen LogP contribution is -2.42. The lowest BCUT2D eigenvalue weighted by Gasteiger charge is -2.20. The third kappa shape index (κ3) is 4.41. The second kappa shape index (κ2) is 8.60. The molecule has 2 rings (SSSR count). The summed E-state index contributed by atoms with van der Waals surface area (Å²) in [5.74, 6) is -0.548. The quantitative estimate of drug-likeness (QED) is 0.666. The summed E-state index contributed by atoms with van der Waals surface area (Å²) >= 11 is 0. The van der Waals surface area contributed by atoms with Gasteiger partial charge in [-0.3, -0.25) is 0 Å². The number of nitrogens with zero attached hydrogens (tertiary/aromatic N) is 4. The lowest BCUT2D eigenvalue weighted by atomic mass is 10.2. The Kier molecular flexibility index (Phi) is 6.47. The maximum absolute atomic E-state index is 13.2. The van der Waals surface area contributed by atoms with Crippen molar-refractivity contribution in [3.8, 4) is 12.0 Å². The fourth-order valence-electron chi connectivity index (χ4n) is 2.20. The third-order valence-electron chi connectivity index (χ3n) is 3.40. The molecule has 0 aliphatic rings. The van der Waals surface area contributed by atoms with Crippen LogP contribution in [0, 0.1) is 0 Å². The number of urea groups is 1. The molecule has 11 nitrogen and oxygen atoms in total. The zero-order valence-electron chi connectivity index (χ0n) is 14.9. The molecule has 1 aromatic carbocycles. The van der Waals surface area contributed by atoms with Crippen LogP contribution < -0.4 is 19.5 Å². The normalized spacial score (nSPS) is 11.1. The first-order chi connectivity index (χ1) is 12.8. The average Bonchev–Trinajstić information content (AvgIpc) is 2.65. The minimum Gasteiger partial charge on any atom is -0.467 e. The highest BCUT2D eigenvalue weighted by Crippen LogP contribution is 2.26. The first-order valence-electron chi connectivity index (χ1n) is 7.60. The topological polar surface area (TPSA) is 147 Å². The van der Waals surface area contributed by atoms with Gasteiger partial charge in [-0.25, -0.2) is 13.2 Å². The number of hydrogen-bond acceptors (Lipinski definition) is 9. The minimum absolute atomic E-state index is 0.126. The summed E-state index contributed by atoms with van der Waals surface area (Å²) in [6, 6.07) is 4.37. The molecule has 2 aromatic rings. The average molecular weight is 397 g/mol. The predicted octanol–water partition coefficient (Wildman–Crippen LogP) is 0.352. The van der Waals surface area contributed by atoms with E-state index >= 15 is 0 Å². The Morgan fingerprint density at radius 3 is 2.19 bits per heavy atom. The number of carbonyl (C=O) groups is 1. The summed E-state index contributed by atoms with van der Waals surface area (Å²) in [6.07, 6.45) is 0.308. The number of anilines is 1. The Hall–Kier alpha value is -2.99. The highest BCUT2D eigenvalue weighted by Gasteiger charge is 2.34. The molecule has 0 unspecified atom stereocenters. The molecule has 27 heavy (non-hydrogen) atoms. The van der Waals surface area contributed by atoms with E-state index in [9.17, 15) is 13.2 Å². The molecule has 146 valence electrons. The zero-order chi connectivity index (χ0) is 20.0. The van der Waals surface area contributed by atoms with Crippen molar-refractivity contribution in [2.75, 3.05) is 32.2 Å². The van der Waals surface area contributed by atoms with Crippen molar-refractivity contribution < 1.29 is 27.4 Å². The van der Waals surface area contributed by atoms with Gasteiger partial charge in [0.15, 0.2) is 0 Å². The molecule has 0 spiro atoms. The smallest absolute Gasteiger partial charge is 0.336 e. The summed E-state index contributed by atoms with van der Waals surface area (Å²) in [6.45, 7) is 0.288. The van der Waals surface area contributed by atoms with Gasteiger partial charge in [-0.05, 0) is 18.1 Å². The number of carbonyl (C=O) groups excluding carboxylic acids is 1. The second-order valence-electron chi connectivity index (χ2n) is 5.07. The van der Waals surface area contributed by atoms with Crippen LogP contribution in [0.25, 0.3) is 0 Å². The van der Waals surface area contributed by atoms with Crippen LogP contribution in [0.15, 0.2) is 29.2 Å². The first kappa shape index (κ1) is 20.3. The Morgan fingerprint density at radius 2 is 1.67 bits per heavy atom. The van der Waals surface area contributed by atoms with Crippen LogP contribution in [0.1, 0.15) is 5.56 Å². The Labute approximate surface area is 156 Å². The van der Waals surface area contributed by atoms with Gasteiger partial charge in [-0.15, -0.1) is 9.29 Å². The third-order valence-corrected chi connectivity index (χ3v) is 5.17. The molecule has 0 aliphatic carbocycles. The van der Waals surface area contributed by atoms with Crippen LogP contribution in [0.4, 0.5) is 10.7 Å². The van der Waals surface area contributed by atoms with E-state index in [1.54, 1.807) is 12.1 Å². The fourth-order valence-corrected chi connectivity index (χ4v) is 3.68. The van der Waals surface area contributed by atoms with Crippen LogP contribution in [-0.2, 0) is 21.2 Å². The number of aromatic nitrogens is 3. The van der Waals surface area contributed by atoms with Gasteiger partial charge < -0.3 is 19.9 Å². The number of ether oxygens (including phenoxy) is 3. The molecular formula is C15H19N5O6S. The number of methoxy groups -OCH3 is 3. The molecule has 0 fully saturated rings. The van der Waals surface area contributed by atoms with Crippen molar-refractivity contribution >= 4 is 22.0 Å². The fraction of sp³-hybridized carbons (Fsp3) is 0.333. The van der Waals surface area contributed by atoms with E-state index in [1.165, 1.54) is 33.5 Å². The van der Waals surface area contributed by atoms with E-state index in [2.05, 4.69) is 15.0 Å². The van der Waals surface area contributed by atoms with E-state index in [-0.39, 0.29) is 27.8 Å². The number of hydrogen-bond donors (Lipinski definition) is 1. The molecule has 2 amide bonds. The summed E-state index contributed by atoms with van der Waals surface area (Å²) in [4.78, 5) is 23.3. The van der Waals surface area contributed by atoms with Gasteiger partial charge in [0, 0.05) is 7.11 Å². The van der Waals surface area contributed by atoms with E-state index < -0.39 is 22.0 Å². The van der Waals surface area contributed by atoms with Gasteiger partial charge in [-0.1, -0.05) is 18.2 Å². The summed E-state index contributed by atoms with van der Waals surface area (Å²) in [5.41, 5.74) is 5.77. The Bertz CT molecular complexity index is 898. The van der Waals surface area contributed by atoms with Gasteiger partial charge in [0.2, 0.25) is 0 Å². The summed E-state index contributed by atoms with van der Waals surface area (Å²) in [7, 11) is -0.398. The number of benzene rings is 1. The van der Waals surface area contributed by atoms with Crippen molar-refractivity contribution in [1.82, 2.24) is 15.0 Å². The van der Waals surface area contributed by atoms with Gasteiger partial charge in [0.05, 0.1) is 25.7 Å². The largest absolute Gasteiger partial charge is 0.467 e. The Morgan fingerprint density at radius 1 is 1.07 bits per heavy atom. The number of nitrogens with two attached hydrogens (primary N) is 1. The molecule has 12 heteroatoms. The molecule has 2 N–H and O–H groups in total. The highest BCUT2D eigenvalue weighted by molar-refractivity contribution is 7.93. The van der Waals surface area contributed by atoms with E-state index in [4.69, 9.17) is 19.9 Å². The minimum atomic E-state index is -4.43. The predicted molar refractivity (Wildman–Crippen MR) is 94.2 cm³/mol. The molecule has 0 saturated heterocycles. The lowest BCUT2D eigenvalue weighted by molar-refractivity contribution is 0.202. The Balaban J connectivity index is 2.62. The number of sulfonamides is 1. The van der Waals surface area contributed by atoms with Crippen molar-refractivity contribution in [3.63, 3.8) is 0 Å². The number of primary amides is 1. The van der Waals surface area contributed by atoms with Crippen molar-refractivity contribution in [2.24, 2.45) is 5.73 Å². The van der Waals surface area contributed by atoms with E-state index in [0.717, 1.165) is 0 Å². The molecule has 0 atom stereocenters. The maximum Gasteiger partial charge on any atom is 0.336 e. The zero-order valence-corrected chi connectivity index (χ0v) is 15.8. The molecule has 0 aliphatic heterocycles. The maximum atomic E-state index is 13.2. The standard InChI is InChI=1S/C15H19N5O6S/c1-24-9-8-10-6-4-5-7-11(10)27(22,23)20(12(16)21)13-17-14(25-2)19-15(18-13)26-3/h4-7H,8-9H2,1-3H3,(H2,16,21). The monoisotopic (exact) mass is 397 g/mol. The SMILES string of the molecule is COCCc1ccccc1S(=O)(=O)N(C(N)=O)c1nc(OC)nc(OC)n1. The summed E-state index contributed by atoms with van der Waals surface area (Å²) in [5, 5.41) is 0.